The number of hydrogen-bond donors (Lipinski definition) is 2. The van der Waals surface area contributed by atoms with Crippen molar-refractivity contribution in [3.8, 4) is 0 Å². The number of ether oxygens (including phenoxy) is 1. The molecule has 0 aromatic carbocycles. The molecule has 0 spiro atoms. The molecule has 3 nitrogen and oxygen atoms in total. The predicted octanol–water partition coefficient (Wildman–Crippen LogP) is 0.339. The van der Waals surface area contributed by atoms with Crippen molar-refractivity contribution in [2.24, 2.45) is 0 Å². The van der Waals surface area contributed by atoms with E-state index in [-0.39, 0.29) is 0 Å². The maximum Gasteiger partial charge on any atom is 0.151 e. The van der Waals surface area contributed by atoms with Crippen molar-refractivity contribution in [2.45, 2.75) is 33.1 Å². The molecule has 0 aliphatic heterocycles. The fraction of sp³-hybridized carbons (Fsp3) is 1.00. The van der Waals surface area contributed by atoms with Crippen LogP contribution in [-0.2, 0) is 4.74 Å². The van der Waals surface area contributed by atoms with Gasteiger partial charge in [-0.15, -0.1) is 0 Å². The number of aliphatic hydroxyl groups excluding tert-OH is 1. The molecule has 1 unspecified atom stereocenters. The van der Waals surface area contributed by atoms with Gasteiger partial charge in [-0.3, -0.25) is 0 Å². The molecule has 1 atom stereocenters. The SMILES string of the molecule is CC(C)NCCOC(C)O. The Labute approximate surface area is 62.4 Å². The van der Waals surface area contributed by atoms with Gasteiger partial charge in [-0.1, -0.05) is 13.8 Å². The highest BCUT2D eigenvalue weighted by Gasteiger charge is 1.94. The van der Waals surface area contributed by atoms with Crippen LogP contribution in [0, 0.1) is 0 Å². The smallest absolute Gasteiger partial charge is 0.151 e. The maximum absolute atomic E-state index is 8.67. The Balaban J connectivity index is 2.91. The van der Waals surface area contributed by atoms with Gasteiger partial charge in [-0.2, -0.15) is 0 Å². The van der Waals surface area contributed by atoms with Crippen LogP contribution in [0.3, 0.4) is 0 Å². The summed E-state index contributed by atoms with van der Waals surface area (Å²) in [7, 11) is 0. The van der Waals surface area contributed by atoms with Gasteiger partial charge in [0, 0.05) is 12.6 Å². The highest BCUT2D eigenvalue weighted by Crippen LogP contribution is 1.82. The van der Waals surface area contributed by atoms with Gasteiger partial charge in [0.2, 0.25) is 0 Å². The Morgan fingerprint density at radius 3 is 2.40 bits per heavy atom. The van der Waals surface area contributed by atoms with Gasteiger partial charge in [0.15, 0.2) is 6.29 Å². The van der Waals surface area contributed by atoms with Crippen LogP contribution in [0.4, 0.5) is 0 Å². The molecule has 0 heterocycles. The molecule has 10 heavy (non-hydrogen) atoms. The zero-order valence-corrected chi connectivity index (χ0v) is 6.92. The molecule has 0 bridgehead atoms. The second-order valence-electron chi connectivity index (χ2n) is 2.58. The molecule has 0 rings (SSSR count). The van der Waals surface area contributed by atoms with Gasteiger partial charge in [-0.05, 0) is 6.92 Å². The Bertz CT molecular complexity index is 64.0. The Morgan fingerprint density at radius 2 is 2.00 bits per heavy atom. The van der Waals surface area contributed by atoms with Crippen molar-refractivity contribution in [1.82, 2.24) is 5.32 Å². The number of nitrogens with one attached hydrogen (secondary N) is 1. The van der Waals surface area contributed by atoms with Crippen LogP contribution >= 0.6 is 0 Å². The number of rotatable bonds is 5. The highest BCUT2D eigenvalue weighted by atomic mass is 16.6. The lowest BCUT2D eigenvalue weighted by Gasteiger charge is -2.09. The highest BCUT2D eigenvalue weighted by molar-refractivity contribution is 4.50. The summed E-state index contributed by atoms with van der Waals surface area (Å²) < 4.78 is 4.89. The summed E-state index contributed by atoms with van der Waals surface area (Å²) in [6, 6.07) is 0.484. The molecule has 0 saturated heterocycles. The molecule has 0 aromatic rings. The van der Waals surface area contributed by atoms with Crippen molar-refractivity contribution in [3.05, 3.63) is 0 Å². The van der Waals surface area contributed by atoms with Crippen molar-refractivity contribution in [1.29, 1.82) is 0 Å². The van der Waals surface area contributed by atoms with E-state index in [9.17, 15) is 0 Å². The molecule has 0 aromatic heterocycles. The summed E-state index contributed by atoms with van der Waals surface area (Å²) in [5.74, 6) is 0. The van der Waals surface area contributed by atoms with E-state index in [1.807, 2.05) is 0 Å². The zero-order valence-electron chi connectivity index (χ0n) is 6.92. The molecule has 0 fully saturated rings. The number of aliphatic hydroxyl groups is 1. The largest absolute Gasteiger partial charge is 0.368 e. The zero-order chi connectivity index (χ0) is 7.98. The molecule has 3 heteroatoms. The molecule has 2 N–H and O–H groups in total. The summed E-state index contributed by atoms with van der Waals surface area (Å²) in [6.07, 6.45) is -0.644. The number of hydrogen-bond acceptors (Lipinski definition) is 3. The minimum absolute atomic E-state index is 0.484. The van der Waals surface area contributed by atoms with Crippen LogP contribution in [0.25, 0.3) is 0 Å². The minimum atomic E-state index is -0.644. The molecular weight excluding hydrogens is 130 g/mol. The molecule has 0 amide bonds. The van der Waals surface area contributed by atoms with Gasteiger partial charge in [-0.25, -0.2) is 0 Å². The van der Waals surface area contributed by atoms with Gasteiger partial charge in [0.05, 0.1) is 6.61 Å². The summed E-state index contributed by atoms with van der Waals surface area (Å²) in [5, 5.41) is 11.8. The maximum atomic E-state index is 8.67. The van der Waals surface area contributed by atoms with E-state index in [4.69, 9.17) is 9.84 Å². The fourth-order valence-electron chi connectivity index (χ4n) is 0.577. The first-order valence-corrected chi connectivity index (χ1v) is 3.66. The minimum Gasteiger partial charge on any atom is -0.368 e. The van der Waals surface area contributed by atoms with Crippen LogP contribution in [-0.4, -0.2) is 30.6 Å². The van der Waals surface area contributed by atoms with Crippen LogP contribution < -0.4 is 5.32 Å². The fourth-order valence-corrected chi connectivity index (χ4v) is 0.577. The van der Waals surface area contributed by atoms with E-state index in [0.717, 1.165) is 6.54 Å². The summed E-state index contributed by atoms with van der Waals surface area (Å²) in [6.45, 7) is 7.11. The van der Waals surface area contributed by atoms with Crippen LogP contribution in [0.2, 0.25) is 0 Å². The third-order valence-electron chi connectivity index (χ3n) is 1.01. The molecule has 0 aliphatic carbocycles. The van der Waals surface area contributed by atoms with E-state index in [1.165, 1.54) is 0 Å². The van der Waals surface area contributed by atoms with Gasteiger partial charge in [0.1, 0.15) is 0 Å². The van der Waals surface area contributed by atoms with E-state index in [0.29, 0.717) is 12.6 Å². The van der Waals surface area contributed by atoms with E-state index in [1.54, 1.807) is 6.92 Å². The predicted molar refractivity (Wildman–Crippen MR) is 40.8 cm³/mol. The van der Waals surface area contributed by atoms with Gasteiger partial charge in [0.25, 0.3) is 0 Å². The molecule has 0 aliphatic rings. The summed E-state index contributed by atoms with van der Waals surface area (Å²) in [5.41, 5.74) is 0. The average Bonchev–Trinajstić information content (AvgIpc) is 1.79. The second kappa shape index (κ2) is 5.65. The first kappa shape index (κ1) is 9.88. The van der Waals surface area contributed by atoms with E-state index in [2.05, 4.69) is 19.2 Å². The molecule has 62 valence electrons. The first-order valence-electron chi connectivity index (χ1n) is 3.66. The van der Waals surface area contributed by atoms with Crippen molar-refractivity contribution in [2.75, 3.05) is 13.2 Å². The topological polar surface area (TPSA) is 41.5 Å². The summed E-state index contributed by atoms with van der Waals surface area (Å²) >= 11 is 0. The summed E-state index contributed by atoms with van der Waals surface area (Å²) in [4.78, 5) is 0. The van der Waals surface area contributed by atoms with Crippen LogP contribution in [0.5, 0.6) is 0 Å². The lowest BCUT2D eigenvalue weighted by atomic mass is 10.4. The average molecular weight is 147 g/mol. The lowest BCUT2D eigenvalue weighted by molar-refractivity contribution is -0.0837. The van der Waals surface area contributed by atoms with Crippen molar-refractivity contribution >= 4 is 0 Å². The Hall–Kier alpha value is -0.120. The standard InChI is InChI=1S/C7H17NO2/c1-6(2)8-4-5-10-7(3)9/h6-9H,4-5H2,1-3H3. The quantitative estimate of drug-likeness (QED) is 0.435. The lowest BCUT2D eigenvalue weighted by Crippen LogP contribution is -2.27. The van der Waals surface area contributed by atoms with E-state index < -0.39 is 6.29 Å². The Kier molecular flexibility index (Phi) is 5.58. The van der Waals surface area contributed by atoms with Crippen molar-refractivity contribution < 1.29 is 9.84 Å². The second-order valence-corrected chi connectivity index (χ2v) is 2.58. The Morgan fingerprint density at radius 1 is 1.40 bits per heavy atom. The molecular formula is C7H17NO2. The monoisotopic (exact) mass is 147 g/mol. The third-order valence-corrected chi connectivity index (χ3v) is 1.01. The third kappa shape index (κ3) is 7.88. The van der Waals surface area contributed by atoms with Crippen molar-refractivity contribution in [3.63, 3.8) is 0 Å². The molecule has 0 saturated carbocycles. The molecule has 0 radical (unpaired) electrons. The van der Waals surface area contributed by atoms with E-state index >= 15 is 0 Å². The normalized spacial score (nSPS) is 14.1. The van der Waals surface area contributed by atoms with Crippen LogP contribution in [0.15, 0.2) is 0 Å². The van der Waals surface area contributed by atoms with Gasteiger partial charge < -0.3 is 15.2 Å². The van der Waals surface area contributed by atoms with Crippen LogP contribution in [0.1, 0.15) is 20.8 Å². The first-order chi connectivity index (χ1) is 4.63. The van der Waals surface area contributed by atoms with Gasteiger partial charge >= 0.3 is 0 Å².